The lowest BCUT2D eigenvalue weighted by atomic mass is 10.0. The Morgan fingerprint density at radius 3 is 2.26 bits per heavy atom. The fourth-order valence-corrected chi connectivity index (χ4v) is 3.96. The lowest BCUT2D eigenvalue weighted by Gasteiger charge is -2.25. The number of aliphatic hydroxyl groups excluding tert-OH is 1. The van der Waals surface area contributed by atoms with Gasteiger partial charge in [0.05, 0.1) is 23.3 Å². The average Bonchev–Trinajstić information content (AvgIpc) is 3.17. The molecule has 0 unspecified atom stereocenters. The van der Waals surface area contributed by atoms with Crippen molar-refractivity contribution in [3.63, 3.8) is 0 Å². The SMILES string of the molecule is C=CC[C@@H]1O[C@H](C[C@H](COC(=O)c2ccccc2)OC(=O)c2ccccc2)[C@H](OCCCC)[C@H]1O. The minimum atomic E-state index is -0.841. The zero-order chi connectivity index (χ0) is 25.0. The van der Waals surface area contributed by atoms with E-state index in [2.05, 4.69) is 13.5 Å². The third kappa shape index (κ3) is 7.75. The highest BCUT2D eigenvalue weighted by Gasteiger charge is 2.45. The number of carbonyl (C=O) groups is 2. The molecule has 1 fully saturated rings. The Kier molecular flexibility index (Phi) is 10.5. The zero-order valence-electron chi connectivity index (χ0n) is 20.1. The molecule has 1 aliphatic heterocycles. The highest BCUT2D eigenvalue weighted by atomic mass is 16.6. The molecule has 0 spiro atoms. The lowest BCUT2D eigenvalue weighted by Crippen LogP contribution is -2.38. The Labute approximate surface area is 206 Å². The molecule has 1 saturated heterocycles. The smallest absolute Gasteiger partial charge is 0.338 e. The van der Waals surface area contributed by atoms with Crippen LogP contribution in [0.2, 0.25) is 0 Å². The maximum absolute atomic E-state index is 12.8. The first kappa shape index (κ1) is 26.6. The minimum absolute atomic E-state index is 0.157. The molecule has 0 aliphatic carbocycles. The fraction of sp³-hybridized carbons (Fsp3) is 0.429. The Hall–Kier alpha value is -3.00. The average molecular weight is 483 g/mol. The summed E-state index contributed by atoms with van der Waals surface area (Å²) in [6, 6.07) is 17.2. The number of benzene rings is 2. The number of ether oxygens (including phenoxy) is 4. The summed E-state index contributed by atoms with van der Waals surface area (Å²) in [5.74, 6) is -1.05. The molecule has 3 rings (SSSR count). The largest absolute Gasteiger partial charge is 0.458 e. The van der Waals surface area contributed by atoms with Crippen LogP contribution in [0.15, 0.2) is 73.3 Å². The molecule has 0 aromatic heterocycles. The van der Waals surface area contributed by atoms with E-state index in [1.54, 1.807) is 54.6 Å². The second-order valence-electron chi connectivity index (χ2n) is 8.51. The van der Waals surface area contributed by atoms with Crippen LogP contribution >= 0.6 is 0 Å². The summed E-state index contributed by atoms with van der Waals surface area (Å²) >= 11 is 0. The molecular formula is C28H34O7. The van der Waals surface area contributed by atoms with E-state index < -0.39 is 42.5 Å². The van der Waals surface area contributed by atoms with Crippen LogP contribution in [-0.4, -0.2) is 60.8 Å². The van der Waals surface area contributed by atoms with Crippen LogP contribution in [0.4, 0.5) is 0 Å². The molecule has 7 heteroatoms. The molecule has 7 nitrogen and oxygen atoms in total. The molecule has 1 aliphatic rings. The van der Waals surface area contributed by atoms with E-state index in [9.17, 15) is 14.7 Å². The highest BCUT2D eigenvalue weighted by molar-refractivity contribution is 5.90. The van der Waals surface area contributed by atoms with Crippen molar-refractivity contribution >= 4 is 11.9 Å². The van der Waals surface area contributed by atoms with E-state index in [0.717, 1.165) is 12.8 Å². The van der Waals surface area contributed by atoms with E-state index in [1.807, 2.05) is 12.1 Å². The Morgan fingerprint density at radius 2 is 1.66 bits per heavy atom. The van der Waals surface area contributed by atoms with Gasteiger partial charge in [-0.25, -0.2) is 9.59 Å². The molecule has 2 aromatic rings. The summed E-state index contributed by atoms with van der Waals surface area (Å²) in [5.41, 5.74) is 0.791. The Balaban J connectivity index is 1.73. The van der Waals surface area contributed by atoms with Crippen LogP contribution in [-0.2, 0) is 18.9 Å². The van der Waals surface area contributed by atoms with Crippen molar-refractivity contribution in [3.8, 4) is 0 Å². The highest BCUT2D eigenvalue weighted by Crippen LogP contribution is 2.30. The molecule has 188 valence electrons. The number of hydrogen-bond acceptors (Lipinski definition) is 7. The quantitative estimate of drug-likeness (QED) is 0.258. The molecule has 1 N–H and O–H groups in total. The molecule has 0 bridgehead atoms. The minimum Gasteiger partial charge on any atom is -0.458 e. The third-order valence-corrected chi connectivity index (χ3v) is 5.83. The monoisotopic (exact) mass is 482 g/mol. The molecule has 0 radical (unpaired) electrons. The van der Waals surface area contributed by atoms with Crippen LogP contribution in [0.5, 0.6) is 0 Å². The first-order valence-corrected chi connectivity index (χ1v) is 12.1. The van der Waals surface area contributed by atoms with Crippen molar-refractivity contribution in [1.29, 1.82) is 0 Å². The van der Waals surface area contributed by atoms with Crippen molar-refractivity contribution in [2.24, 2.45) is 0 Å². The number of hydrogen-bond donors (Lipinski definition) is 1. The van der Waals surface area contributed by atoms with Crippen molar-refractivity contribution in [3.05, 3.63) is 84.4 Å². The fourth-order valence-electron chi connectivity index (χ4n) is 3.96. The van der Waals surface area contributed by atoms with Crippen LogP contribution in [0, 0.1) is 0 Å². The maximum atomic E-state index is 12.8. The van der Waals surface area contributed by atoms with Gasteiger partial charge in [-0.05, 0) is 37.1 Å². The summed E-state index contributed by atoms with van der Waals surface area (Å²) in [4.78, 5) is 25.3. The van der Waals surface area contributed by atoms with Gasteiger partial charge in [0.2, 0.25) is 0 Å². The van der Waals surface area contributed by atoms with Crippen molar-refractivity contribution in [2.45, 2.75) is 63.1 Å². The summed E-state index contributed by atoms with van der Waals surface area (Å²) in [6.45, 7) is 6.12. The predicted octanol–water partition coefficient (Wildman–Crippen LogP) is 4.35. The lowest BCUT2D eigenvalue weighted by molar-refractivity contribution is -0.0644. The molecular weight excluding hydrogens is 448 g/mol. The van der Waals surface area contributed by atoms with Crippen molar-refractivity contribution in [2.75, 3.05) is 13.2 Å². The molecule has 1 heterocycles. The second kappa shape index (κ2) is 13.8. The maximum Gasteiger partial charge on any atom is 0.338 e. The van der Waals surface area contributed by atoms with Gasteiger partial charge in [0.25, 0.3) is 0 Å². The van der Waals surface area contributed by atoms with Crippen LogP contribution in [0.3, 0.4) is 0 Å². The van der Waals surface area contributed by atoms with Gasteiger partial charge in [-0.1, -0.05) is 55.8 Å². The summed E-state index contributed by atoms with van der Waals surface area (Å²) in [5, 5.41) is 10.8. The van der Waals surface area contributed by atoms with E-state index in [4.69, 9.17) is 18.9 Å². The number of unbranched alkanes of at least 4 members (excludes halogenated alkanes) is 1. The number of rotatable bonds is 13. The van der Waals surface area contributed by atoms with E-state index in [0.29, 0.717) is 24.2 Å². The standard InChI is InChI=1S/C28H34O7/c1-3-5-17-32-26-24(35-23(12-4-2)25(26)29)18-22(34-28(31)21-15-10-7-11-16-21)19-33-27(30)20-13-8-6-9-14-20/h4,6-11,13-16,22-26,29H,2-3,5,12,17-19H2,1H3/t22-,23+,24-,25+,26+/m1/s1. The molecule has 0 saturated carbocycles. The van der Waals surface area contributed by atoms with Crippen LogP contribution < -0.4 is 0 Å². The number of aliphatic hydroxyl groups is 1. The van der Waals surface area contributed by atoms with Gasteiger partial charge in [-0.3, -0.25) is 0 Å². The summed E-state index contributed by atoms with van der Waals surface area (Å²) < 4.78 is 23.3. The van der Waals surface area contributed by atoms with Crippen molar-refractivity contribution < 1.29 is 33.6 Å². The number of carbonyl (C=O) groups excluding carboxylic acids is 2. The Morgan fingerprint density at radius 1 is 1.03 bits per heavy atom. The second-order valence-corrected chi connectivity index (χ2v) is 8.51. The molecule has 35 heavy (non-hydrogen) atoms. The first-order valence-electron chi connectivity index (χ1n) is 12.1. The van der Waals surface area contributed by atoms with Gasteiger partial charge in [0.1, 0.15) is 24.9 Å². The topological polar surface area (TPSA) is 91.3 Å². The Bertz CT molecular complexity index is 931. The third-order valence-electron chi connectivity index (χ3n) is 5.83. The molecule has 0 amide bonds. The number of esters is 2. The summed E-state index contributed by atoms with van der Waals surface area (Å²) in [6.07, 6.45) is 0.908. The van der Waals surface area contributed by atoms with E-state index in [1.165, 1.54) is 0 Å². The van der Waals surface area contributed by atoms with Gasteiger partial charge < -0.3 is 24.1 Å². The van der Waals surface area contributed by atoms with Crippen molar-refractivity contribution in [1.82, 2.24) is 0 Å². The zero-order valence-corrected chi connectivity index (χ0v) is 20.1. The summed E-state index contributed by atoms with van der Waals surface area (Å²) in [7, 11) is 0. The van der Waals surface area contributed by atoms with Gasteiger partial charge in [0, 0.05) is 13.0 Å². The van der Waals surface area contributed by atoms with Gasteiger partial charge in [0.15, 0.2) is 0 Å². The van der Waals surface area contributed by atoms with E-state index in [-0.39, 0.29) is 13.0 Å². The normalized spacial score (nSPS) is 22.3. The van der Waals surface area contributed by atoms with Crippen LogP contribution in [0.1, 0.15) is 53.3 Å². The van der Waals surface area contributed by atoms with E-state index >= 15 is 0 Å². The molecule has 2 aromatic carbocycles. The van der Waals surface area contributed by atoms with Gasteiger partial charge in [-0.15, -0.1) is 6.58 Å². The van der Waals surface area contributed by atoms with Crippen LogP contribution in [0.25, 0.3) is 0 Å². The van der Waals surface area contributed by atoms with Gasteiger partial charge in [-0.2, -0.15) is 0 Å². The van der Waals surface area contributed by atoms with Gasteiger partial charge >= 0.3 is 11.9 Å². The molecule has 5 atom stereocenters. The first-order chi connectivity index (χ1) is 17.0. The predicted molar refractivity (Wildman–Crippen MR) is 131 cm³/mol.